The normalized spacial score (nSPS) is 12.2. The van der Waals surface area contributed by atoms with Gasteiger partial charge in [0, 0.05) is 10.8 Å². The van der Waals surface area contributed by atoms with Crippen LogP contribution in [0.25, 0.3) is 21.8 Å². The maximum atomic E-state index is 14.2. The van der Waals surface area contributed by atoms with Gasteiger partial charge in [-0.2, -0.15) is 0 Å². The van der Waals surface area contributed by atoms with E-state index in [0.29, 0.717) is 21.8 Å². The predicted molar refractivity (Wildman–Crippen MR) is 145 cm³/mol. The summed E-state index contributed by atoms with van der Waals surface area (Å²) in [5, 5.41) is 1.06. The molecule has 0 spiro atoms. The molecular weight excluding hydrogens is 520 g/mol. The Morgan fingerprint density at radius 2 is 0.816 bits per heavy atom. The molecule has 0 unspecified atom stereocenters. The number of aromatic nitrogens is 2. The van der Waals surface area contributed by atoms with Crippen LogP contribution in [0.15, 0.2) is 131 Å². The van der Waals surface area contributed by atoms with Crippen LogP contribution in [0.5, 0.6) is 0 Å². The fourth-order valence-corrected chi connectivity index (χ4v) is 7.68. The fraction of sp³-hybridized carbons (Fsp3) is 0. The minimum atomic E-state index is -4.20. The Morgan fingerprint density at radius 1 is 0.474 bits per heavy atom. The number of nitrogens with zero attached hydrogens (tertiary/aromatic N) is 2. The van der Waals surface area contributed by atoms with Crippen LogP contribution in [0.2, 0.25) is 0 Å². The summed E-state index contributed by atoms with van der Waals surface area (Å²) < 4.78 is 57.3. The molecule has 9 heteroatoms. The summed E-state index contributed by atoms with van der Waals surface area (Å²) in [6, 6.07) is 32.1. The molecule has 0 saturated carbocycles. The Hall–Kier alpha value is -4.47. The number of carbonyl (C=O) groups excluding carboxylic acids is 1. The number of carbonyl (C=O) groups is 1. The Bertz CT molecular complexity index is 1910. The van der Waals surface area contributed by atoms with E-state index in [2.05, 4.69) is 0 Å². The van der Waals surface area contributed by atoms with E-state index in [4.69, 9.17) is 0 Å². The molecule has 0 aliphatic heterocycles. The molecule has 0 amide bonds. The van der Waals surface area contributed by atoms with E-state index in [1.165, 1.54) is 36.4 Å². The lowest BCUT2D eigenvalue weighted by molar-refractivity contribution is 0.102. The highest BCUT2D eigenvalue weighted by Crippen LogP contribution is 2.31. The summed E-state index contributed by atoms with van der Waals surface area (Å²) in [6.45, 7) is 0. The first kappa shape index (κ1) is 23.9. The van der Waals surface area contributed by atoms with Crippen molar-refractivity contribution in [3.05, 3.63) is 133 Å². The second-order valence-corrected chi connectivity index (χ2v) is 12.2. The molecule has 2 aromatic heterocycles. The molecule has 0 aliphatic carbocycles. The van der Waals surface area contributed by atoms with Crippen molar-refractivity contribution in [1.82, 2.24) is 7.94 Å². The maximum Gasteiger partial charge on any atom is 0.268 e. The van der Waals surface area contributed by atoms with Gasteiger partial charge in [-0.05, 0) is 48.5 Å². The second kappa shape index (κ2) is 8.83. The third kappa shape index (κ3) is 3.67. The van der Waals surface area contributed by atoms with Crippen LogP contribution in [0.4, 0.5) is 0 Å². The Kier molecular flexibility index (Phi) is 5.55. The molecule has 6 rings (SSSR count). The topological polar surface area (TPSA) is 95.2 Å². The molecule has 0 fully saturated rings. The summed E-state index contributed by atoms with van der Waals surface area (Å²) in [5.74, 6) is -0.739. The molecule has 2 heterocycles. The molecule has 0 bridgehead atoms. The number of benzene rings is 4. The van der Waals surface area contributed by atoms with Gasteiger partial charge in [0.1, 0.15) is 11.4 Å². The molecular formula is C29H20N2O5S2. The van der Waals surface area contributed by atoms with Gasteiger partial charge in [-0.15, -0.1) is 0 Å². The van der Waals surface area contributed by atoms with E-state index in [-0.39, 0.29) is 21.2 Å². The second-order valence-electron chi connectivity index (χ2n) is 8.67. The monoisotopic (exact) mass is 540 g/mol. The number of hydrogen-bond acceptors (Lipinski definition) is 5. The third-order valence-electron chi connectivity index (χ3n) is 6.36. The maximum absolute atomic E-state index is 14.2. The van der Waals surface area contributed by atoms with Crippen LogP contribution in [0.1, 0.15) is 16.2 Å². The molecule has 0 aliphatic rings. The highest BCUT2D eigenvalue weighted by atomic mass is 32.2. The predicted octanol–water partition coefficient (Wildman–Crippen LogP) is 5.30. The standard InChI is InChI=1S/C29H20N2O5S2/c32-29(27-19-21-11-7-9-17-25(21)30(27)37(33,34)23-13-3-1-4-14-23)28-20-22-12-8-10-18-26(22)31(28)38(35,36)24-15-5-2-6-16-24/h1-20H. The van der Waals surface area contributed by atoms with E-state index in [9.17, 15) is 21.6 Å². The van der Waals surface area contributed by atoms with Crippen molar-refractivity contribution < 1.29 is 21.6 Å². The number of para-hydroxylation sites is 2. The Balaban J connectivity index is 1.65. The van der Waals surface area contributed by atoms with E-state index < -0.39 is 25.8 Å². The van der Waals surface area contributed by atoms with Crippen LogP contribution >= 0.6 is 0 Å². The number of fused-ring (bicyclic) bond motifs is 2. The highest BCUT2D eigenvalue weighted by molar-refractivity contribution is 7.90. The lowest BCUT2D eigenvalue weighted by Crippen LogP contribution is -2.23. The van der Waals surface area contributed by atoms with E-state index in [1.54, 1.807) is 84.9 Å². The average molecular weight is 541 g/mol. The van der Waals surface area contributed by atoms with Gasteiger partial charge in [-0.25, -0.2) is 24.8 Å². The zero-order valence-corrected chi connectivity index (χ0v) is 21.4. The average Bonchev–Trinajstić information content (AvgIpc) is 3.54. The number of hydrogen-bond donors (Lipinski definition) is 0. The van der Waals surface area contributed by atoms with Crippen LogP contribution in [0, 0.1) is 0 Å². The summed E-state index contributed by atoms with van der Waals surface area (Å²) in [5.41, 5.74) is 0.298. The Morgan fingerprint density at radius 3 is 1.21 bits per heavy atom. The van der Waals surface area contributed by atoms with Gasteiger partial charge >= 0.3 is 0 Å². The molecule has 38 heavy (non-hydrogen) atoms. The molecule has 0 N–H and O–H groups in total. The van der Waals surface area contributed by atoms with Crippen molar-refractivity contribution in [2.75, 3.05) is 0 Å². The van der Waals surface area contributed by atoms with Crippen LogP contribution in [0.3, 0.4) is 0 Å². The summed E-state index contributed by atoms with van der Waals surface area (Å²) >= 11 is 0. The first-order chi connectivity index (χ1) is 18.3. The third-order valence-corrected chi connectivity index (χ3v) is 9.85. The molecule has 6 aromatic rings. The lowest BCUT2D eigenvalue weighted by Gasteiger charge is -2.14. The Labute approximate surface area is 219 Å². The number of rotatable bonds is 6. The highest BCUT2D eigenvalue weighted by Gasteiger charge is 2.32. The van der Waals surface area contributed by atoms with E-state index >= 15 is 0 Å². The first-order valence-electron chi connectivity index (χ1n) is 11.7. The van der Waals surface area contributed by atoms with Crippen LogP contribution in [-0.4, -0.2) is 30.6 Å². The van der Waals surface area contributed by atoms with Gasteiger partial charge in [-0.1, -0.05) is 72.8 Å². The van der Waals surface area contributed by atoms with Gasteiger partial charge in [-0.3, -0.25) is 4.79 Å². The minimum absolute atomic E-state index is 0.00727. The van der Waals surface area contributed by atoms with Crippen molar-refractivity contribution >= 4 is 47.6 Å². The SMILES string of the molecule is O=C(c1cc2ccccc2n1S(=O)(=O)c1ccccc1)c1cc2ccccc2n1S(=O)(=O)c1ccccc1. The molecule has 0 radical (unpaired) electrons. The first-order valence-corrected chi connectivity index (χ1v) is 14.5. The van der Waals surface area contributed by atoms with Crippen molar-refractivity contribution in [2.24, 2.45) is 0 Å². The van der Waals surface area contributed by atoms with Crippen molar-refractivity contribution in [3.63, 3.8) is 0 Å². The quantitative estimate of drug-likeness (QED) is 0.267. The fourth-order valence-electron chi connectivity index (χ4n) is 4.62. The summed E-state index contributed by atoms with van der Waals surface area (Å²) in [7, 11) is -8.40. The van der Waals surface area contributed by atoms with Crippen molar-refractivity contribution in [1.29, 1.82) is 0 Å². The smallest absolute Gasteiger partial charge is 0.268 e. The van der Waals surface area contributed by atoms with Gasteiger partial charge in [0.25, 0.3) is 20.0 Å². The van der Waals surface area contributed by atoms with Crippen molar-refractivity contribution in [2.45, 2.75) is 9.79 Å². The molecule has 188 valence electrons. The number of ketones is 1. The summed E-state index contributed by atoms with van der Waals surface area (Å²) in [6.07, 6.45) is 0. The molecule has 4 aromatic carbocycles. The molecule has 0 saturated heterocycles. The largest absolute Gasteiger partial charge is 0.285 e. The lowest BCUT2D eigenvalue weighted by atomic mass is 10.2. The van der Waals surface area contributed by atoms with E-state index in [0.717, 1.165) is 7.94 Å². The van der Waals surface area contributed by atoms with E-state index in [1.807, 2.05) is 0 Å². The van der Waals surface area contributed by atoms with Crippen molar-refractivity contribution in [3.8, 4) is 0 Å². The van der Waals surface area contributed by atoms with Crippen LogP contribution < -0.4 is 0 Å². The zero-order chi connectivity index (χ0) is 26.5. The van der Waals surface area contributed by atoms with Crippen LogP contribution in [-0.2, 0) is 20.0 Å². The minimum Gasteiger partial charge on any atom is -0.285 e. The molecule has 0 atom stereocenters. The van der Waals surface area contributed by atoms with Gasteiger partial charge in [0.15, 0.2) is 0 Å². The van der Waals surface area contributed by atoms with Gasteiger partial charge < -0.3 is 0 Å². The van der Waals surface area contributed by atoms with Gasteiger partial charge in [0.2, 0.25) is 5.78 Å². The molecule has 7 nitrogen and oxygen atoms in total. The summed E-state index contributed by atoms with van der Waals surface area (Å²) in [4.78, 5) is 14.2. The zero-order valence-electron chi connectivity index (χ0n) is 19.8. The van der Waals surface area contributed by atoms with Gasteiger partial charge in [0.05, 0.1) is 20.8 Å².